The predicted octanol–water partition coefficient (Wildman–Crippen LogP) is 0.469. The van der Waals surface area contributed by atoms with Gasteiger partial charge in [0.25, 0.3) is 0 Å². The lowest BCUT2D eigenvalue weighted by Crippen LogP contribution is -1.85. The summed E-state index contributed by atoms with van der Waals surface area (Å²) in [5.74, 6) is 0.438. The van der Waals surface area contributed by atoms with Crippen LogP contribution < -0.4 is 5.73 Å². The molecule has 40 valence electrons. The van der Waals surface area contributed by atoms with Gasteiger partial charge in [-0.05, 0) is 6.07 Å². The Morgan fingerprint density at radius 1 is 1.75 bits per heavy atom. The van der Waals surface area contributed by atoms with Gasteiger partial charge >= 0.3 is 0 Å². The van der Waals surface area contributed by atoms with Gasteiger partial charge in [-0.2, -0.15) is 5.26 Å². The number of nitrogen functional groups attached to an aromatic ring is 1. The number of aromatic nitrogens is 1. The van der Waals surface area contributed by atoms with Crippen LogP contribution in [0.1, 0.15) is 5.56 Å². The quantitative estimate of drug-likeness (QED) is 0.506. The average molecular weight is 107 g/mol. The number of aromatic amines is 1. The van der Waals surface area contributed by atoms with E-state index in [9.17, 15) is 0 Å². The summed E-state index contributed by atoms with van der Waals surface area (Å²) >= 11 is 0. The zero-order valence-corrected chi connectivity index (χ0v) is 4.18. The molecule has 0 unspecified atom stereocenters. The first kappa shape index (κ1) is 4.72. The average Bonchev–Trinajstić information content (AvgIpc) is 2.14. The van der Waals surface area contributed by atoms with Crippen molar-refractivity contribution in [2.24, 2.45) is 0 Å². The van der Waals surface area contributed by atoms with Gasteiger partial charge in [-0.25, -0.2) is 0 Å². The van der Waals surface area contributed by atoms with E-state index in [1.807, 2.05) is 6.07 Å². The molecular weight excluding hydrogens is 102 g/mol. The van der Waals surface area contributed by atoms with Gasteiger partial charge in [-0.3, -0.25) is 0 Å². The number of anilines is 1. The number of hydrogen-bond donors (Lipinski definition) is 2. The monoisotopic (exact) mass is 107 g/mol. The van der Waals surface area contributed by atoms with Crippen molar-refractivity contribution in [2.45, 2.75) is 0 Å². The summed E-state index contributed by atoms with van der Waals surface area (Å²) in [6.45, 7) is 0. The molecular formula is C5H5N3. The molecule has 0 saturated heterocycles. The molecule has 1 heterocycles. The van der Waals surface area contributed by atoms with E-state index in [4.69, 9.17) is 11.0 Å². The van der Waals surface area contributed by atoms with Gasteiger partial charge in [-0.1, -0.05) is 0 Å². The molecule has 1 rings (SSSR count). The normalized spacial score (nSPS) is 8.38. The van der Waals surface area contributed by atoms with Crippen LogP contribution in [0.3, 0.4) is 0 Å². The largest absolute Gasteiger partial charge is 0.384 e. The van der Waals surface area contributed by atoms with Crippen LogP contribution >= 0.6 is 0 Å². The molecule has 0 aliphatic carbocycles. The van der Waals surface area contributed by atoms with Crippen LogP contribution in [0.5, 0.6) is 0 Å². The van der Waals surface area contributed by atoms with Crippen LogP contribution in [-0.2, 0) is 0 Å². The topological polar surface area (TPSA) is 65.6 Å². The van der Waals surface area contributed by atoms with E-state index in [-0.39, 0.29) is 0 Å². The molecule has 3 N–H and O–H groups in total. The third kappa shape index (κ3) is 0.521. The minimum absolute atomic E-state index is 0.438. The van der Waals surface area contributed by atoms with Crippen LogP contribution in [0.4, 0.5) is 5.82 Å². The zero-order valence-electron chi connectivity index (χ0n) is 4.18. The highest BCUT2D eigenvalue weighted by Gasteiger charge is 1.93. The molecule has 1 aromatic rings. The Bertz CT molecular complexity index is 218. The number of nitrogens with zero attached hydrogens (tertiary/aromatic N) is 1. The maximum Gasteiger partial charge on any atom is 0.118 e. The number of nitrogens with two attached hydrogens (primary N) is 1. The van der Waals surface area contributed by atoms with Crippen LogP contribution in [-0.4, -0.2) is 4.98 Å². The highest BCUT2D eigenvalue weighted by molar-refractivity contribution is 5.48. The third-order valence-corrected chi connectivity index (χ3v) is 0.899. The standard InChI is InChI=1S/C5H5N3/c6-3-4-1-2-8-5(4)7/h1-2,8H,7H2. The highest BCUT2D eigenvalue weighted by Crippen LogP contribution is 2.04. The molecule has 0 fully saturated rings. The van der Waals surface area contributed by atoms with E-state index < -0.39 is 0 Å². The summed E-state index contributed by atoms with van der Waals surface area (Å²) in [4.78, 5) is 2.67. The SMILES string of the molecule is N#Cc1cc[nH]c1N. The zero-order chi connectivity index (χ0) is 5.98. The minimum atomic E-state index is 0.438. The highest BCUT2D eigenvalue weighted by atomic mass is 14.8. The van der Waals surface area contributed by atoms with E-state index in [0.717, 1.165) is 0 Å². The number of nitrogens with one attached hydrogen (secondary N) is 1. The van der Waals surface area contributed by atoms with E-state index in [2.05, 4.69) is 4.98 Å². The molecule has 0 saturated carbocycles. The maximum absolute atomic E-state index is 8.26. The van der Waals surface area contributed by atoms with Crippen LogP contribution in [0, 0.1) is 11.3 Å². The van der Waals surface area contributed by atoms with Crippen LogP contribution in [0.2, 0.25) is 0 Å². The van der Waals surface area contributed by atoms with Crippen molar-refractivity contribution in [1.82, 2.24) is 4.98 Å². The second-order valence-electron chi connectivity index (χ2n) is 1.42. The summed E-state index contributed by atoms with van der Waals surface area (Å²) in [5, 5.41) is 8.26. The van der Waals surface area contributed by atoms with Crippen molar-refractivity contribution in [3.8, 4) is 6.07 Å². The number of hydrogen-bond acceptors (Lipinski definition) is 2. The van der Waals surface area contributed by atoms with E-state index >= 15 is 0 Å². The Labute approximate surface area is 46.7 Å². The fraction of sp³-hybridized carbons (Fsp3) is 0. The molecule has 0 atom stereocenters. The van der Waals surface area contributed by atoms with Gasteiger partial charge in [0.15, 0.2) is 0 Å². The fourth-order valence-corrected chi connectivity index (χ4v) is 0.480. The lowest BCUT2D eigenvalue weighted by molar-refractivity contribution is 1.41. The first-order chi connectivity index (χ1) is 3.84. The number of H-pyrrole nitrogens is 1. The van der Waals surface area contributed by atoms with Gasteiger partial charge in [0, 0.05) is 6.20 Å². The Hall–Kier alpha value is -1.43. The molecule has 3 heteroatoms. The van der Waals surface area contributed by atoms with Gasteiger partial charge in [-0.15, -0.1) is 0 Å². The summed E-state index contributed by atoms with van der Waals surface area (Å²) < 4.78 is 0. The summed E-state index contributed by atoms with van der Waals surface area (Å²) in [5.41, 5.74) is 5.78. The molecule has 0 bridgehead atoms. The minimum Gasteiger partial charge on any atom is -0.384 e. The third-order valence-electron chi connectivity index (χ3n) is 0.899. The first-order valence-corrected chi connectivity index (χ1v) is 2.17. The Morgan fingerprint density at radius 3 is 2.75 bits per heavy atom. The van der Waals surface area contributed by atoms with Crippen LogP contribution in [0.25, 0.3) is 0 Å². The predicted molar refractivity (Wildman–Crippen MR) is 29.9 cm³/mol. The first-order valence-electron chi connectivity index (χ1n) is 2.17. The Kier molecular flexibility index (Phi) is 0.935. The lowest BCUT2D eigenvalue weighted by atomic mass is 10.3. The molecule has 0 aliphatic heterocycles. The van der Waals surface area contributed by atoms with Crippen molar-refractivity contribution in [3.05, 3.63) is 17.8 Å². The van der Waals surface area contributed by atoms with Gasteiger partial charge in [0.2, 0.25) is 0 Å². The molecule has 0 aromatic carbocycles. The molecule has 0 radical (unpaired) electrons. The number of rotatable bonds is 0. The lowest BCUT2D eigenvalue weighted by Gasteiger charge is -1.79. The maximum atomic E-state index is 8.26. The Balaban J connectivity index is 3.15. The van der Waals surface area contributed by atoms with Crippen LogP contribution in [0.15, 0.2) is 12.3 Å². The molecule has 8 heavy (non-hydrogen) atoms. The van der Waals surface area contributed by atoms with Gasteiger partial charge in [0.1, 0.15) is 11.9 Å². The summed E-state index contributed by atoms with van der Waals surface area (Å²) in [6, 6.07) is 3.55. The second-order valence-corrected chi connectivity index (χ2v) is 1.42. The van der Waals surface area contributed by atoms with Gasteiger partial charge in [0.05, 0.1) is 5.56 Å². The van der Waals surface area contributed by atoms with E-state index in [1.54, 1.807) is 12.3 Å². The molecule has 0 amide bonds. The van der Waals surface area contributed by atoms with Crippen molar-refractivity contribution < 1.29 is 0 Å². The fourth-order valence-electron chi connectivity index (χ4n) is 0.480. The van der Waals surface area contributed by atoms with Gasteiger partial charge < -0.3 is 10.7 Å². The van der Waals surface area contributed by atoms with E-state index in [1.165, 1.54) is 0 Å². The van der Waals surface area contributed by atoms with Crippen molar-refractivity contribution >= 4 is 5.82 Å². The van der Waals surface area contributed by atoms with E-state index in [0.29, 0.717) is 11.4 Å². The van der Waals surface area contributed by atoms with Crippen molar-refractivity contribution in [1.29, 1.82) is 5.26 Å². The molecule has 0 spiro atoms. The number of nitriles is 1. The molecule has 0 aliphatic rings. The second kappa shape index (κ2) is 1.58. The van der Waals surface area contributed by atoms with Crippen molar-refractivity contribution in [2.75, 3.05) is 5.73 Å². The molecule has 1 aromatic heterocycles. The van der Waals surface area contributed by atoms with Crippen molar-refractivity contribution in [3.63, 3.8) is 0 Å². The Morgan fingerprint density at radius 2 is 2.50 bits per heavy atom. The smallest absolute Gasteiger partial charge is 0.118 e. The summed E-state index contributed by atoms with van der Waals surface area (Å²) in [7, 11) is 0. The summed E-state index contributed by atoms with van der Waals surface area (Å²) in [6.07, 6.45) is 1.63. The molecule has 3 nitrogen and oxygen atoms in total.